The van der Waals surface area contributed by atoms with Crippen molar-refractivity contribution in [1.82, 2.24) is 0 Å². The first-order valence-corrected chi connectivity index (χ1v) is 4.89. The zero-order chi connectivity index (χ0) is 6.28. The summed E-state index contributed by atoms with van der Waals surface area (Å²) < 4.78 is 0. The lowest BCUT2D eigenvalue weighted by atomic mass is 11.5. The van der Waals surface area contributed by atoms with Gasteiger partial charge in [-0.2, -0.15) is 0 Å². The summed E-state index contributed by atoms with van der Waals surface area (Å²) in [6.45, 7) is 4.53. The molecule has 0 aromatic carbocycles. The van der Waals surface area contributed by atoms with Crippen LogP contribution in [0.2, 0.25) is 13.1 Å². The summed E-state index contributed by atoms with van der Waals surface area (Å²) in [5.74, 6) is 0. The van der Waals surface area contributed by atoms with Crippen LogP contribution in [0.3, 0.4) is 0 Å². The molecule has 0 aliphatic heterocycles. The molecular formula is C3H10O3Si. The van der Waals surface area contributed by atoms with Gasteiger partial charge in [-0.3, -0.25) is 0 Å². The molecule has 0 aromatic heterocycles. The Morgan fingerprint density at radius 1 is 1.43 bits per heavy atom. The Balaban J connectivity index is 0. The van der Waals surface area contributed by atoms with Gasteiger partial charge in [0.25, 0.3) is 0 Å². The van der Waals surface area contributed by atoms with Gasteiger partial charge in [0.2, 0.25) is 0 Å². The third-order valence-corrected chi connectivity index (χ3v) is 0. The quantitative estimate of drug-likeness (QED) is 0.459. The van der Waals surface area contributed by atoms with Crippen LogP contribution in [0.4, 0.5) is 4.79 Å². The number of hydrogen-bond acceptors (Lipinski definition) is 1. The van der Waals surface area contributed by atoms with Crippen LogP contribution in [0.5, 0.6) is 0 Å². The van der Waals surface area contributed by atoms with E-state index in [1.54, 1.807) is 0 Å². The first-order valence-electron chi connectivity index (χ1n) is 2.07. The zero-order valence-electron chi connectivity index (χ0n) is 4.51. The molecule has 3 nitrogen and oxygen atoms in total. The van der Waals surface area contributed by atoms with Crippen molar-refractivity contribution >= 4 is 15.7 Å². The van der Waals surface area contributed by atoms with Crippen molar-refractivity contribution in [3.05, 3.63) is 0 Å². The SMILES string of the molecule is C[SiH2]C.O=C(O)O. The van der Waals surface area contributed by atoms with E-state index in [0.29, 0.717) is 9.52 Å². The molecule has 0 amide bonds. The minimum absolute atomic E-state index is 0.417. The molecule has 0 saturated carbocycles. The van der Waals surface area contributed by atoms with E-state index in [1.165, 1.54) is 0 Å². The highest BCUT2D eigenvalue weighted by atomic mass is 28.2. The highest BCUT2D eigenvalue weighted by Gasteiger charge is 1.70. The number of carboxylic acid groups (broad SMARTS) is 2. The van der Waals surface area contributed by atoms with Gasteiger partial charge in [0.05, 0.1) is 0 Å². The fraction of sp³-hybridized carbons (Fsp3) is 0.667. The van der Waals surface area contributed by atoms with Crippen LogP contribution in [0.1, 0.15) is 0 Å². The molecule has 0 rings (SSSR count). The molecule has 0 unspecified atom stereocenters. The summed E-state index contributed by atoms with van der Waals surface area (Å²) in [5.41, 5.74) is 0. The van der Waals surface area contributed by atoms with Gasteiger partial charge in [0.1, 0.15) is 0 Å². The van der Waals surface area contributed by atoms with E-state index in [-0.39, 0.29) is 0 Å². The van der Waals surface area contributed by atoms with Crippen LogP contribution in [-0.2, 0) is 0 Å². The smallest absolute Gasteiger partial charge is 0.450 e. The third kappa shape index (κ3) is 253. The molecule has 0 aliphatic carbocycles. The molecule has 0 aliphatic rings. The fourth-order valence-electron chi connectivity index (χ4n) is 0. The number of rotatable bonds is 0. The van der Waals surface area contributed by atoms with Crippen LogP contribution < -0.4 is 0 Å². The lowest BCUT2D eigenvalue weighted by Crippen LogP contribution is -1.81. The molecular weight excluding hydrogens is 112 g/mol. The second-order valence-corrected chi connectivity index (χ2v) is 2.40. The Bertz CT molecular complexity index is 41.4. The van der Waals surface area contributed by atoms with Crippen LogP contribution in [0.15, 0.2) is 0 Å². The molecule has 0 bridgehead atoms. The molecule has 0 aromatic rings. The van der Waals surface area contributed by atoms with E-state index < -0.39 is 6.16 Å². The summed E-state index contributed by atoms with van der Waals surface area (Å²) in [6.07, 6.45) is -1.83. The van der Waals surface area contributed by atoms with E-state index in [4.69, 9.17) is 15.0 Å². The predicted octanol–water partition coefficient (Wildman–Crippen LogP) is 0.474. The van der Waals surface area contributed by atoms with Crippen LogP contribution in [0.25, 0.3) is 0 Å². The summed E-state index contributed by atoms with van der Waals surface area (Å²) in [6, 6.07) is 0. The van der Waals surface area contributed by atoms with E-state index in [9.17, 15) is 0 Å². The van der Waals surface area contributed by atoms with Crippen molar-refractivity contribution in [2.45, 2.75) is 13.1 Å². The third-order valence-electron chi connectivity index (χ3n) is 0. The monoisotopic (exact) mass is 122 g/mol. The van der Waals surface area contributed by atoms with Crippen molar-refractivity contribution in [2.75, 3.05) is 0 Å². The summed E-state index contributed by atoms with van der Waals surface area (Å²) in [5, 5.41) is 13.9. The molecule has 44 valence electrons. The van der Waals surface area contributed by atoms with Gasteiger partial charge in [-0.1, -0.05) is 13.1 Å². The first kappa shape index (κ1) is 9.70. The molecule has 0 radical (unpaired) electrons. The van der Waals surface area contributed by atoms with E-state index in [0.717, 1.165) is 0 Å². The van der Waals surface area contributed by atoms with Gasteiger partial charge >= 0.3 is 6.16 Å². The highest BCUT2D eigenvalue weighted by molar-refractivity contribution is 6.31. The van der Waals surface area contributed by atoms with Crippen molar-refractivity contribution in [3.63, 3.8) is 0 Å². The maximum atomic E-state index is 8.56. The Labute approximate surface area is 44.8 Å². The van der Waals surface area contributed by atoms with Gasteiger partial charge in [0.15, 0.2) is 0 Å². The highest BCUT2D eigenvalue weighted by Crippen LogP contribution is 1.42. The molecule has 0 fully saturated rings. The minimum Gasteiger partial charge on any atom is -0.450 e. The maximum Gasteiger partial charge on any atom is 0.503 e. The minimum atomic E-state index is -1.83. The lowest BCUT2D eigenvalue weighted by molar-refractivity contribution is 0.137. The zero-order valence-corrected chi connectivity index (χ0v) is 5.92. The van der Waals surface area contributed by atoms with Crippen molar-refractivity contribution in [1.29, 1.82) is 0 Å². The Hall–Kier alpha value is -0.513. The second-order valence-electron chi connectivity index (χ2n) is 0.990. The first-order chi connectivity index (χ1) is 3.15. The Morgan fingerprint density at radius 2 is 1.43 bits per heavy atom. The molecule has 7 heavy (non-hydrogen) atoms. The summed E-state index contributed by atoms with van der Waals surface area (Å²) >= 11 is 0. The molecule has 0 spiro atoms. The lowest BCUT2D eigenvalue weighted by Gasteiger charge is -1.60. The normalized spacial score (nSPS) is 6.00. The Morgan fingerprint density at radius 3 is 1.43 bits per heavy atom. The van der Waals surface area contributed by atoms with Gasteiger partial charge < -0.3 is 10.2 Å². The van der Waals surface area contributed by atoms with Crippen molar-refractivity contribution < 1.29 is 15.0 Å². The second kappa shape index (κ2) is 9.09. The van der Waals surface area contributed by atoms with Gasteiger partial charge in [-0.15, -0.1) is 0 Å². The molecule has 0 atom stereocenters. The van der Waals surface area contributed by atoms with Gasteiger partial charge in [-0.25, -0.2) is 4.79 Å². The average molecular weight is 122 g/mol. The van der Waals surface area contributed by atoms with Crippen LogP contribution in [-0.4, -0.2) is 25.9 Å². The predicted molar refractivity (Wildman–Crippen MR) is 30.9 cm³/mol. The van der Waals surface area contributed by atoms with E-state index in [1.807, 2.05) is 0 Å². The average Bonchev–Trinajstić information content (AvgIpc) is 1.33. The summed E-state index contributed by atoms with van der Waals surface area (Å²) in [4.78, 5) is 8.56. The summed E-state index contributed by atoms with van der Waals surface area (Å²) in [7, 11) is 0.417. The number of carbonyl (C=O) groups is 1. The molecule has 2 N–H and O–H groups in total. The molecule has 0 saturated heterocycles. The Kier molecular flexibility index (Phi) is 12.6. The van der Waals surface area contributed by atoms with E-state index >= 15 is 0 Å². The van der Waals surface area contributed by atoms with E-state index in [2.05, 4.69) is 13.1 Å². The van der Waals surface area contributed by atoms with Gasteiger partial charge in [-0.05, 0) is 0 Å². The standard InChI is InChI=1S/C2H8Si.CH2O3/c1-3-2;2-1(3)4/h3H2,1-2H3;(H2,2,3,4). The van der Waals surface area contributed by atoms with Crippen molar-refractivity contribution in [2.24, 2.45) is 0 Å². The van der Waals surface area contributed by atoms with Crippen LogP contribution in [0, 0.1) is 0 Å². The largest absolute Gasteiger partial charge is 0.503 e. The van der Waals surface area contributed by atoms with Crippen LogP contribution >= 0.6 is 0 Å². The maximum absolute atomic E-state index is 8.56. The van der Waals surface area contributed by atoms with Crippen molar-refractivity contribution in [3.8, 4) is 0 Å². The van der Waals surface area contributed by atoms with Gasteiger partial charge in [0, 0.05) is 9.52 Å². The number of hydrogen-bond donors (Lipinski definition) is 2. The molecule has 0 heterocycles. The molecule has 4 heteroatoms. The topological polar surface area (TPSA) is 57.5 Å². The fourth-order valence-corrected chi connectivity index (χ4v) is 0.